The van der Waals surface area contributed by atoms with Crippen molar-refractivity contribution in [1.29, 1.82) is 0 Å². The van der Waals surface area contributed by atoms with Crippen molar-refractivity contribution in [3.63, 3.8) is 0 Å². The first-order valence-corrected chi connectivity index (χ1v) is 3.92. The van der Waals surface area contributed by atoms with E-state index in [9.17, 15) is 4.79 Å². The van der Waals surface area contributed by atoms with Crippen LogP contribution < -0.4 is 6.15 Å². The van der Waals surface area contributed by atoms with Gasteiger partial charge in [0.1, 0.15) is 0 Å². The molecule has 0 rings (SSSR count). The molecule has 0 saturated heterocycles. The van der Waals surface area contributed by atoms with E-state index in [1.807, 2.05) is 20.8 Å². The minimum Gasteiger partial charge on any atom is -0.466 e. The molecule has 0 aliphatic heterocycles. The molecule has 0 spiro atoms. The van der Waals surface area contributed by atoms with Crippen molar-refractivity contribution in [1.82, 2.24) is 6.15 Å². The lowest BCUT2D eigenvalue weighted by Gasteiger charge is -2.09. The number of carbonyl (C=O) groups is 1. The fourth-order valence-electron chi connectivity index (χ4n) is 0.882. The fourth-order valence-corrected chi connectivity index (χ4v) is 0.882. The van der Waals surface area contributed by atoms with E-state index in [-0.39, 0.29) is 18.0 Å². The van der Waals surface area contributed by atoms with E-state index in [2.05, 4.69) is 0 Å². The summed E-state index contributed by atoms with van der Waals surface area (Å²) in [6, 6.07) is 0. The predicted molar refractivity (Wildman–Crippen MR) is 45.7 cm³/mol. The molecular weight excluding hydrogens is 142 g/mol. The van der Waals surface area contributed by atoms with Crippen molar-refractivity contribution in [2.24, 2.45) is 5.92 Å². The molecule has 11 heavy (non-hydrogen) atoms. The van der Waals surface area contributed by atoms with Gasteiger partial charge < -0.3 is 10.9 Å². The molecule has 0 bridgehead atoms. The van der Waals surface area contributed by atoms with Crippen LogP contribution >= 0.6 is 0 Å². The lowest BCUT2D eigenvalue weighted by atomic mass is 10.0. The van der Waals surface area contributed by atoms with Crippen LogP contribution in [0.1, 0.15) is 33.6 Å². The van der Waals surface area contributed by atoms with Crippen molar-refractivity contribution < 1.29 is 9.53 Å². The highest BCUT2D eigenvalue weighted by molar-refractivity contribution is 5.72. The van der Waals surface area contributed by atoms with Crippen molar-refractivity contribution in [3.8, 4) is 0 Å². The molecule has 0 aliphatic carbocycles. The summed E-state index contributed by atoms with van der Waals surface area (Å²) in [7, 11) is 0. The number of esters is 1. The Labute approximate surface area is 68.7 Å². The van der Waals surface area contributed by atoms with Gasteiger partial charge in [-0.3, -0.25) is 4.79 Å². The van der Waals surface area contributed by atoms with Crippen molar-refractivity contribution >= 4 is 5.97 Å². The number of ether oxygens (including phenoxy) is 1. The van der Waals surface area contributed by atoms with E-state index in [0.717, 1.165) is 12.8 Å². The van der Waals surface area contributed by atoms with Crippen LogP contribution in [-0.4, -0.2) is 12.6 Å². The van der Waals surface area contributed by atoms with E-state index in [1.165, 1.54) is 0 Å². The maximum absolute atomic E-state index is 11.0. The largest absolute Gasteiger partial charge is 0.466 e. The smallest absolute Gasteiger partial charge is 0.308 e. The van der Waals surface area contributed by atoms with Gasteiger partial charge in [0.05, 0.1) is 12.5 Å². The maximum atomic E-state index is 11.0. The molecular formula is C8H19NO2. The van der Waals surface area contributed by atoms with Crippen LogP contribution in [0.2, 0.25) is 0 Å². The minimum atomic E-state index is -0.0486. The van der Waals surface area contributed by atoms with E-state index in [1.54, 1.807) is 0 Å². The summed E-state index contributed by atoms with van der Waals surface area (Å²) in [6.45, 7) is 6.34. The lowest BCUT2D eigenvalue weighted by Crippen LogP contribution is -2.15. The first-order valence-electron chi connectivity index (χ1n) is 3.92. The van der Waals surface area contributed by atoms with E-state index >= 15 is 0 Å². The van der Waals surface area contributed by atoms with Crippen LogP contribution in [0.3, 0.4) is 0 Å². The van der Waals surface area contributed by atoms with Gasteiger partial charge in [0.25, 0.3) is 0 Å². The SMILES string of the molecule is CCOC(=O)C(CC)CC.N. The highest BCUT2D eigenvalue weighted by Gasteiger charge is 2.13. The number of hydrogen-bond acceptors (Lipinski definition) is 3. The maximum Gasteiger partial charge on any atom is 0.308 e. The first-order chi connectivity index (χ1) is 4.76. The third kappa shape index (κ3) is 4.79. The second-order valence-corrected chi connectivity index (χ2v) is 2.27. The second-order valence-electron chi connectivity index (χ2n) is 2.27. The third-order valence-corrected chi connectivity index (χ3v) is 1.61. The van der Waals surface area contributed by atoms with E-state index in [0.29, 0.717) is 6.61 Å². The van der Waals surface area contributed by atoms with Gasteiger partial charge in [-0.05, 0) is 19.8 Å². The zero-order valence-electron chi connectivity index (χ0n) is 7.72. The molecule has 3 N–H and O–H groups in total. The van der Waals surface area contributed by atoms with Crippen LogP contribution in [-0.2, 0) is 9.53 Å². The Kier molecular flexibility index (Phi) is 8.94. The van der Waals surface area contributed by atoms with Gasteiger partial charge in [0.2, 0.25) is 0 Å². The Morgan fingerprint density at radius 2 is 1.73 bits per heavy atom. The molecule has 0 aromatic carbocycles. The molecule has 0 radical (unpaired) electrons. The summed E-state index contributed by atoms with van der Waals surface area (Å²) in [5.41, 5.74) is 0. The summed E-state index contributed by atoms with van der Waals surface area (Å²) in [6.07, 6.45) is 1.77. The monoisotopic (exact) mass is 161 g/mol. The summed E-state index contributed by atoms with van der Waals surface area (Å²) in [5, 5.41) is 0. The summed E-state index contributed by atoms with van der Waals surface area (Å²) in [4.78, 5) is 11.0. The number of rotatable bonds is 4. The Hall–Kier alpha value is -0.570. The van der Waals surface area contributed by atoms with Gasteiger partial charge in [-0.25, -0.2) is 0 Å². The van der Waals surface area contributed by atoms with Gasteiger partial charge in [-0.2, -0.15) is 0 Å². The van der Waals surface area contributed by atoms with Crippen LogP contribution in [0, 0.1) is 5.92 Å². The normalized spacial score (nSPS) is 9.09. The Morgan fingerprint density at radius 3 is 2.00 bits per heavy atom. The topological polar surface area (TPSA) is 61.3 Å². The first kappa shape index (κ1) is 13.1. The molecule has 0 heterocycles. The number of carbonyl (C=O) groups excluding carboxylic acids is 1. The zero-order valence-corrected chi connectivity index (χ0v) is 7.72. The average Bonchev–Trinajstić information content (AvgIpc) is 1.91. The summed E-state index contributed by atoms with van der Waals surface area (Å²) >= 11 is 0. The van der Waals surface area contributed by atoms with E-state index < -0.39 is 0 Å². The average molecular weight is 161 g/mol. The van der Waals surface area contributed by atoms with Crippen LogP contribution in [0.25, 0.3) is 0 Å². The highest BCUT2D eigenvalue weighted by Crippen LogP contribution is 2.08. The highest BCUT2D eigenvalue weighted by atomic mass is 16.5. The Balaban J connectivity index is 0. The van der Waals surface area contributed by atoms with Gasteiger partial charge in [-0.15, -0.1) is 0 Å². The Bertz CT molecular complexity index is 100. The van der Waals surface area contributed by atoms with Crippen molar-refractivity contribution in [3.05, 3.63) is 0 Å². The fraction of sp³-hybridized carbons (Fsp3) is 0.875. The quantitative estimate of drug-likeness (QED) is 0.642. The molecule has 0 aromatic heterocycles. The minimum absolute atomic E-state index is 0. The molecule has 0 unspecified atom stereocenters. The summed E-state index contributed by atoms with van der Waals surface area (Å²) < 4.78 is 4.85. The lowest BCUT2D eigenvalue weighted by molar-refractivity contribution is -0.148. The summed E-state index contributed by atoms with van der Waals surface area (Å²) in [5.74, 6) is 0.0625. The standard InChI is InChI=1S/C8H16O2.H3N/c1-4-7(5-2)8(9)10-6-3;/h7H,4-6H2,1-3H3;1H3. The van der Waals surface area contributed by atoms with E-state index in [4.69, 9.17) is 4.74 Å². The van der Waals surface area contributed by atoms with Gasteiger partial charge >= 0.3 is 5.97 Å². The molecule has 0 atom stereocenters. The molecule has 68 valence electrons. The number of hydrogen-bond donors (Lipinski definition) is 1. The third-order valence-electron chi connectivity index (χ3n) is 1.61. The van der Waals surface area contributed by atoms with Crippen LogP contribution in [0.15, 0.2) is 0 Å². The molecule has 0 saturated carbocycles. The molecule has 0 amide bonds. The van der Waals surface area contributed by atoms with Crippen molar-refractivity contribution in [2.45, 2.75) is 33.6 Å². The van der Waals surface area contributed by atoms with Crippen LogP contribution in [0.4, 0.5) is 0 Å². The molecule has 0 aliphatic rings. The van der Waals surface area contributed by atoms with Gasteiger partial charge in [-0.1, -0.05) is 13.8 Å². The second kappa shape index (κ2) is 7.54. The Morgan fingerprint density at radius 1 is 1.27 bits per heavy atom. The molecule has 0 fully saturated rings. The predicted octanol–water partition coefficient (Wildman–Crippen LogP) is 2.15. The van der Waals surface area contributed by atoms with Gasteiger partial charge in [0.15, 0.2) is 0 Å². The zero-order chi connectivity index (χ0) is 7.98. The van der Waals surface area contributed by atoms with Crippen molar-refractivity contribution in [2.75, 3.05) is 6.61 Å². The van der Waals surface area contributed by atoms with Crippen LogP contribution in [0.5, 0.6) is 0 Å². The molecule has 3 heteroatoms. The molecule has 3 nitrogen and oxygen atoms in total. The molecule has 0 aromatic rings. The van der Waals surface area contributed by atoms with Gasteiger partial charge in [0, 0.05) is 0 Å².